The quantitative estimate of drug-likeness (QED) is 0.725. The molecule has 0 aliphatic rings. The van der Waals surface area contributed by atoms with E-state index in [0.29, 0.717) is 17.7 Å². The van der Waals surface area contributed by atoms with Gasteiger partial charge in [-0.25, -0.2) is 0 Å². The Morgan fingerprint density at radius 1 is 1.62 bits per heavy atom. The van der Waals surface area contributed by atoms with Crippen molar-refractivity contribution in [1.29, 1.82) is 0 Å². The van der Waals surface area contributed by atoms with Gasteiger partial charge in [-0.05, 0) is 12.5 Å². The van der Waals surface area contributed by atoms with Crippen LogP contribution in [-0.4, -0.2) is 5.11 Å². The van der Waals surface area contributed by atoms with E-state index in [-0.39, 0.29) is 5.43 Å². The van der Waals surface area contributed by atoms with Crippen LogP contribution in [0.5, 0.6) is 0 Å². The number of hydrogen-bond donors (Lipinski definition) is 1. The monoisotopic (exact) mass is 180 g/mol. The van der Waals surface area contributed by atoms with Crippen LogP contribution in [0.1, 0.15) is 24.7 Å². The Kier molecular flexibility index (Phi) is 3.31. The molecule has 1 heterocycles. The minimum atomic E-state index is -0.125. The van der Waals surface area contributed by atoms with E-state index in [0.717, 1.165) is 12.7 Å². The topological polar surface area (TPSA) is 50.4 Å². The number of aliphatic hydroxyl groups excluding tert-OH is 1. The normalized spacial score (nSPS) is 10.8. The standard InChI is InChI=1S/C10H12O3/c1-2-3-10-8(4-6-11)9(12)5-7-13-10/h4-7,11H,2-3H2,1H3. The van der Waals surface area contributed by atoms with Crippen molar-refractivity contribution in [2.75, 3.05) is 0 Å². The van der Waals surface area contributed by atoms with Crippen molar-refractivity contribution in [3.05, 3.63) is 40.1 Å². The second-order valence-corrected chi connectivity index (χ2v) is 2.69. The van der Waals surface area contributed by atoms with E-state index in [1.165, 1.54) is 18.4 Å². The molecule has 1 aromatic heterocycles. The zero-order chi connectivity index (χ0) is 9.68. The van der Waals surface area contributed by atoms with Crippen molar-refractivity contribution in [1.82, 2.24) is 0 Å². The molecule has 0 saturated carbocycles. The van der Waals surface area contributed by atoms with Gasteiger partial charge in [-0.3, -0.25) is 4.79 Å². The average molecular weight is 180 g/mol. The largest absolute Gasteiger partial charge is 0.516 e. The minimum Gasteiger partial charge on any atom is -0.516 e. The van der Waals surface area contributed by atoms with Crippen LogP contribution in [0.3, 0.4) is 0 Å². The van der Waals surface area contributed by atoms with E-state index in [4.69, 9.17) is 9.52 Å². The van der Waals surface area contributed by atoms with Gasteiger partial charge in [0, 0.05) is 12.5 Å². The maximum absolute atomic E-state index is 11.3. The molecule has 3 nitrogen and oxygen atoms in total. The SMILES string of the molecule is CCCc1occc(=O)c1C=CO. The first-order valence-corrected chi connectivity index (χ1v) is 4.21. The van der Waals surface area contributed by atoms with Crippen molar-refractivity contribution >= 4 is 6.08 Å². The summed E-state index contributed by atoms with van der Waals surface area (Å²) in [6.45, 7) is 2.00. The zero-order valence-electron chi connectivity index (χ0n) is 7.49. The highest BCUT2D eigenvalue weighted by Crippen LogP contribution is 2.08. The van der Waals surface area contributed by atoms with Crippen LogP contribution in [0.25, 0.3) is 6.08 Å². The zero-order valence-corrected chi connectivity index (χ0v) is 7.49. The molecule has 0 radical (unpaired) electrons. The lowest BCUT2D eigenvalue weighted by Gasteiger charge is -2.00. The highest BCUT2D eigenvalue weighted by Gasteiger charge is 2.04. The molecule has 70 valence electrons. The van der Waals surface area contributed by atoms with Crippen LogP contribution in [0, 0.1) is 0 Å². The smallest absolute Gasteiger partial charge is 0.192 e. The van der Waals surface area contributed by atoms with Gasteiger partial charge in [0.15, 0.2) is 5.43 Å². The van der Waals surface area contributed by atoms with E-state index in [1.807, 2.05) is 6.92 Å². The Bertz CT molecular complexity index is 349. The van der Waals surface area contributed by atoms with E-state index < -0.39 is 0 Å². The molecule has 0 aliphatic carbocycles. The van der Waals surface area contributed by atoms with Gasteiger partial charge in [-0.2, -0.15) is 0 Å². The van der Waals surface area contributed by atoms with Crippen LogP contribution in [0.4, 0.5) is 0 Å². The van der Waals surface area contributed by atoms with Crippen molar-refractivity contribution in [3.8, 4) is 0 Å². The third-order valence-electron chi connectivity index (χ3n) is 1.71. The van der Waals surface area contributed by atoms with Gasteiger partial charge >= 0.3 is 0 Å². The van der Waals surface area contributed by atoms with E-state index in [9.17, 15) is 4.79 Å². The lowest BCUT2D eigenvalue weighted by Crippen LogP contribution is -2.06. The van der Waals surface area contributed by atoms with E-state index in [2.05, 4.69) is 0 Å². The molecule has 1 N–H and O–H groups in total. The summed E-state index contributed by atoms with van der Waals surface area (Å²) in [7, 11) is 0. The van der Waals surface area contributed by atoms with Crippen molar-refractivity contribution in [3.63, 3.8) is 0 Å². The molecule has 0 saturated heterocycles. The maximum Gasteiger partial charge on any atom is 0.192 e. The molecule has 0 amide bonds. The third-order valence-corrected chi connectivity index (χ3v) is 1.71. The summed E-state index contributed by atoms with van der Waals surface area (Å²) in [5, 5.41) is 8.58. The Balaban J connectivity index is 3.17. The van der Waals surface area contributed by atoms with Crippen molar-refractivity contribution in [2.45, 2.75) is 19.8 Å². The van der Waals surface area contributed by atoms with Gasteiger partial charge in [-0.15, -0.1) is 0 Å². The lowest BCUT2D eigenvalue weighted by atomic mass is 10.1. The van der Waals surface area contributed by atoms with Crippen LogP contribution >= 0.6 is 0 Å². The minimum absolute atomic E-state index is 0.125. The summed E-state index contributed by atoms with van der Waals surface area (Å²) in [5.74, 6) is 0.625. The summed E-state index contributed by atoms with van der Waals surface area (Å²) in [6, 6.07) is 1.34. The Hall–Kier alpha value is -1.51. The summed E-state index contributed by atoms with van der Waals surface area (Å²) >= 11 is 0. The summed E-state index contributed by atoms with van der Waals surface area (Å²) in [5.41, 5.74) is 0.312. The first-order chi connectivity index (χ1) is 6.29. The third kappa shape index (κ3) is 2.21. The summed E-state index contributed by atoms with van der Waals surface area (Å²) in [4.78, 5) is 11.3. The van der Waals surface area contributed by atoms with Crippen LogP contribution < -0.4 is 5.43 Å². The van der Waals surface area contributed by atoms with Gasteiger partial charge in [0.2, 0.25) is 0 Å². The Labute approximate surface area is 76.3 Å². The van der Waals surface area contributed by atoms with Crippen LogP contribution in [-0.2, 0) is 6.42 Å². The van der Waals surface area contributed by atoms with Crippen molar-refractivity contribution in [2.24, 2.45) is 0 Å². The van der Waals surface area contributed by atoms with Crippen LogP contribution in [0.15, 0.2) is 27.8 Å². The number of hydrogen-bond acceptors (Lipinski definition) is 3. The number of aryl methyl sites for hydroxylation is 1. The first kappa shape index (κ1) is 9.58. The molecule has 0 bridgehead atoms. The molecule has 0 aromatic carbocycles. The van der Waals surface area contributed by atoms with Gasteiger partial charge < -0.3 is 9.52 Å². The molecule has 1 aromatic rings. The fourth-order valence-electron chi connectivity index (χ4n) is 1.14. The average Bonchev–Trinajstić information content (AvgIpc) is 2.11. The molecule has 0 fully saturated rings. The maximum atomic E-state index is 11.3. The second-order valence-electron chi connectivity index (χ2n) is 2.69. The highest BCUT2D eigenvalue weighted by atomic mass is 16.3. The molecule has 0 unspecified atom stereocenters. The molecule has 1 rings (SSSR count). The predicted molar refractivity (Wildman–Crippen MR) is 50.6 cm³/mol. The predicted octanol–water partition coefficient (Wildman–Crippen LogP) is 2.12. The molecule has 0 atom stereocenters. The number of aliphatic hydroxyl groups is 1. The van der Waals surface area contributed by atoms with E-state index >= 15 is 0 Å². The highest BCUT2D eigenvalue weighted by molar-refractivity contribution is 5.49. The van der Waals surface area contributed by atoms with E-state index in [1.54, 1.807) is 0 Å². The van der Waals surface area contributed by atoms with Gasteiger partial charge in [-0.1, -0.05) is 6.92 Å². The van der Waals surface area contributed by atoms with Crippen LogP contribution in [0.2, 0.25) is 0 Å². The molecule has 0 aliphatic heterocycles. The number of rotatable bonds is 3. The van der Waals surface area contributed by atoms with Crippen molar-refractivity contribution < 1.29 is 9.52 Å². The molecular weight excluding hydrogens is 168 g/mol. The fraction of sp³-hybridized carbons (Fsp3) is 0.300. The first-order valence-electron chi connectivity index (χ1n) is 4.21. The molecule has 13 heavy (non-hydrogen) atoms. The molecule has 3 heteroatoms. The lowest BCUT2D eigenvalue weighted by molar-refractivity contribution is 0.473. The van der Waals surface area contributed by atoms with Gasteiger partial charge in [0.25, 0.3) is 0 Å². The fourth-order valence-corrected chi connectivity index (χ4v) is 1.14. The summed E-state index contributed by atoms with van der Waals surface area (Å²) < 4.78 is 5.17. The molecule has 0 spiro atoms. The second kappa shape index (κ2) is 4.50. The molecular formula is C10H12O3. The summed E-state index contributed by atoms with van der Waals surface area (Å²) in [6.07, 6.45) is 5.19. The Morgan fingerprint density at radius 2 is 2.38 bits per heavy atom. The van der Waals surface area contributed by atoms with Gasteiger partial charge in [0.1, 0.15) is 5.76 Å². The Morgan fingerprint density at radius 3 is 3.00 bits per heavy atom. The van der Waals surface area contributed by atoms with Gasteiger partial charge in [0.05, 0.1) is 18.1 Å².